The molecule has 140 valence electrons. The standard InChI is InChI=1S/C19H27N5OS/c1-4-16-8-6-7-13-24(16)18(25)14(3)26-19-22-21-17(23(19)5-2)15-9-11-20-12-10-15/h9-12,14,16H,4-8,13H2,1-3H3. The third-order valence-corrected chi connectivity index (χ3v) is 6.05. The van der Waals surface area contributed by atoms with Gasteiger partial charge >= 0.3 is 0 Å². The van der Waals surface area contributed by atoms with Gasteiger partial charge in [0.05, 0.1) is 5.25 Å². The number of hydrogen-bond donors (Lipinski definition) is 0. The fourth-order valence-electron chi connectivity index (χ4n) is 3.53. The lowest BCUT2D eigenvalue weighted by Gasteiger charge is -2.36. The largest absolute Gasteiger partial charge is 0.339 e. The average Bonchev–Trinajstić information content (AvgIpc) is 3.10. The molecule has 1 saturated heterocycles. The summed E-state index contributed by atoms with van der Waals surface area (Å²) in [7, 11) is 0. The SMILES string of the molecule is CCC1CCCCN1C(=O)C(C)Sc1nnc(-c2ccncc2)n1CC. The topological polar surface area (TPSA) is 63.9 Å². The van der Waals surface area contributed by atoms with Crippen LogP contribution in [0, 0.1) is 0 Å². The molecule has 0 bridgehead atoms. The highest BCUT2D eigenvalue weighted by Crippen LogP contribution is 2.29. The van der Waals surface area contributed by atoms with Gasteiger partial charge in [-0.05, 0) is 51.7 Å². The van der Waals surface area contributed by atoms with Crippen LogP contribution in [0.25, 0.3) is 11.4 Å². The van der Waals surface area contributed by atoms with Crippen LogP contribution in [0.5, 0.6) is 0 Å². The van der Waals surface area contributed by atoms with Crippen LogP contribution in [0.1, 0.15) is 46.5 Å². The van der Waals surface area contributed by atoms with E-state index in [0.717, 1.165) is 48.9 Å². The van der Waals surface area contributed by atoms with Crippen LogP contribution in [-0.2, 0) is 11.3 Å². The molecule has 6 nitrogen and oxygen atoms in total. The van der Waals surface area contributed by atoms with Crippen LogP contribution >= 0.6 is 11.8 Å². The van der Waals surface area contributed by atoms with Crippen molar-refractivity contribution in [1.82, 2.24) is 24.6 Å². The Morgan fingerprint density at radius 2 is 2.04 bits per heavy atom. The molecule has 3 heterocycles. The van der Waals surface area contributed by atoms with Gasteiger partial charge in [0.15, 0.2) is 11.0 Å². The molecule has 0 saturated carbocycles. The number of carbonyl (C=O) groups excluding carboxylic acids is 1. The van der Waals surface area contributed by atoms with Crippen molar-refractivity contribution < 1.29 is 4.79 Å². The highest BCUT2D eigenvalue weighted by molar-refractivity contribution is 8.00. The number of piperidine rings is 1. The van der Waals surface area contributed by atoms with Crippen molar-refractivity contribution in [2.45, 2.75) is 69.4 Å². The molecule has 1 aliphatic heterocycles. The Bertz CT molecular complexity index is 733. The molecule has 0 radical (unpaired) electrons. The van der Waals surface area contributed by atoms with Gasteiger partial charge in [-0.3, -0.25) is 9.78 Å². The summed E-state index contributed by atoms with van der Waals surface area (Å²) in [4.78, 5) is 19.1. The van der Waals surface area contributed by atoms with E-state index in [2.05, 4.69) is 38.5 Å². The second kappa shape index (κ2) is 8.66. The van der Waals surface area contributed by atoms with Gasteiger partial charge in [-0.15, -0.1) is 10.2 Å². The predicted octanol–water partition coefficient (Wildman–Crippen LogP) is 3.63. The maximum atomic E-state index is 13.0. The van der Waals surface area contributed by atoms with Crippen LogP contribution < -0.4 is 0 Å². The molecule has 0 N–H and O–H groups in total. The van der Waals surface area contributed by atoms with E-state index in [1.807, 2.05) is 19.1 Å². The second-order valence-corrected chi connectivity index (χ2v) is 7.94. The van der Waals surface area contributed by atoms with Crippen LogP contribution in [-0.4, -0.2) is 48.4 Å². The molecule has 1 fully saturated rings. The smallest absolute Gasteiger partial charge is 0.236 e. The molecule has 2 aromatic rings. The Kier molecular flexibility index (Phi) is 6.29. The molecule has 3 rings (SSSR count). The highest BCUT2D eigenvalue weighted by atomic mass is 32.2. The van der Waals surface area contributed by atoms with Crippen molar-refractivity contribution in [1.29, 1.82) is 0 Å². The van der Waals surface area contributed by atoms with Crippen LogP contribution in [0.3, 0.4) is 0 Å². The van der Waals surface area contributed by atoms with Crippen molar-refractivity contribution in [3.8, 4) is 11.4 Å². The van der Waals surface area contributed by atoms with E-state index in [-0.39, 0.29) is 11.2 Å². The summed E-state index contributed by atoms with van der Waals surface area (Å²) < 4.78 is 2.07. The maximum Gasteiger partial charge on any atom is 0.236 e. The van der Waals surface area contributed by atoms with Crippen LogP contribution in [0.4, 0.5) is 0 Å². The van der Waals surface area contributed by atoms with Gasteiger partial charge in [-0.2, -0.15) is 0 Å². The van der Waals surface area contributed by atoms with Crippen molar-refractivity contribution in [2.24, 2.45) is 0 Å². The Morgan fingerprint density at radius 1 is 1.27 bits per heavy atom. The van der Waals surface area contributed by atoms with Crippen molar-refractivity contribution in [2.75, 3.05) is 6.54 Å². The lowest BCUT2D eigenvalue weighted by molar-refractivity contribution is -0.134. The lowest BCUT2D eigenvalue weighted by Crippen LogP contribution is -2.46. The van der Waals surface area contributed by atoms with Gasteiger partial charge in [0, 0.05) is 37.1 Å². The van der Waals surface area contributed by atoms with E-state index in [1.54, 1.807) is 12.4 Å². The van der Waals surface area contributed by atoms with Gasteiger partial charge in [0.25, 0.3) is 0 Å². The maximum absolute atomic E-state index is 13.0. The van der Waals surface area contributed by atoms with E-state index in [4.69, 9.17) is 0 Å². The number of pyridine rings is 1. The number of hydrogen-bond acceptors (Lipinski definition) is 5. The molecule has 7 heteroatoms. The zero-order chi connectivity index (χ0) is 18.5. The first-order chi connectivity index (χ1) is 12.7. The normalized spacial score (nSPS) is 18.7. The quantitative estimate of drug-likeness (QED) is 0.724. The molecule has 0 aliphatic carbocycles. The first-order valence-electron chi connectivity index (χ1n) is 9.46. The number of nitrogens with zero attached hydrogens (tertiary/aromatic N) is 5. The number of likely N-dealkylation sites (tertiary alicyclic amines) is 1. The van der Waals surface area contributed by atoms with Crippen LogP contribution in [0.2, 0.25) is 0 Å². The van der Waals surface area contributed by atoms with E-state index in [9.17, 15) is 4.79 Å². The molecule has 0 spiro atoms. The first kappa shape index (κ1) is 18.9. The van der Waals surface area contributed by atoms with Gasteiger partial charge in [-0.25, -0.2) is 0 Å². The Balaban J connectivity index is 1.76. The van der Waals surface area contributed by atoms with Gasteiger partial charge < -0.3 is 9.47 Å². The Morgan fingerprint density at radius 3 is 2.73 bits per heavy atom. The van der Waals surface area contributed by atoms with E-state index in [0.29, 0.717) is 6.04 Å². The summed E-state index contributed by atoms with van der Waals surface area (Å²) in [5.41, 5.74) is 0.988. The zero-order valence-electron chi connectivity index (χ0n) is 15.8. The zero-order valence-corrected chi connectivity index (χ0v) is 16.6. The summed E-state index contributed by atoms with van der Waals surface area (Å²) in [5.74, 6) is 1.04. The monoisotopic (exact) mass is 373 g/mol. The third kappa shape index (κ3) is 3.92. The minimum Gasteiger partial charge on any atom is -0.339 e. The number of amides is 1. The number of thioether (sulfide) groups is 1. The predicted molar refractivity (Wildman–Crippen MR) is 104 cm³/mol. The van der Waals surface area contributed by atoms with Crippen LogP contribution in [0.15, 0.2) is 29.7 Å². The molecule has 1 amide bonds. The minimum absolute atomic E-state index is 0.165. The molecule has 2 unspecified atom stereocenters. The third-order valence-electron chi connectivity index (χ3n) is 4.98. The van der Waals surface area contributed by atoms with Gasteiger partial charge in [0.2, 0.25) is 5.91 Å². The number of rotatable bonds is 6. The average molecular weight is 374 g/mol. The molecule has 26 heavy (non-hydrogen) atoms. The minimum atomic E-state index is -0.165. The summed E-state index contributed by atoms with van der Waals surface area (Å²) in [5, 5.41) is 9.34. The van der Waals surface area contributed by atoms with E-state index >= 15 is 0 Å². The summed E-state index contributed by atoms with van der Waals surface area (Å²) in [6, 6.07) is 4.24. The lowest BCUT2D eigenvalue weighted by atomic mass is 10.00. The summed E-state index contributed by atoms with van der Waals surface area (Å²) in [6.07, 6.45) is 7.99. The molecular formula is C19H27N5OS. The molecule has 0 aromatic carbocycles. The first-order valence-corrected chi connectivity index (χ1v) is 10.3. The van der Waals surface area contributed by atoms with Crippen molar-refractivity contribution in [3.05, 3.63) is 24.5 Å². The molecule has 2 atom stereocenters. The number of aromatic nitrogens is 4. The Labute approximate surface area is 159 Å². The highest BCUT2D eigenvalue weighted by Gasteiger charge is 2.30. The Hall–Kier alpha value is -1.89. The molecular weight excluding hydrogens is 346 g/mol. The fraction of sp³-hybridized carbons (Fsp3) is 0.579. The number of carbonyl (C=O) groups is 1. The van der Waals surface area contributed by atoms with Gasteiger partial charge in [0.1, 0.15) is 0 Å². The molecule has 2 aromatic heterocycles. The van der Waals surface area contributed by atoms with Crippen molar-refractivity contribution in [3.63, 3.8) is 0 Å². The van der Waals surface area contributed by atoms with Gasteiger partial charge in [-0.1, -0.05) is 18.7 Å². The summed E-state index contributed by atoms with van der Waals surface area (Å²) in [6.45, 7) is 7.86. The fourth-order valence-corrected chi connectivity index (χ4v) is 4.52. The molecule has 1 aliphatic rings. The van der Waals surface area contributed by atoms with Crippen molar-refractivity contribution >= 4 is 17.7 Å². The second-order valence-electron chi connectivity index (χ2n) is 6.64. The summed E-state index contributed by atoms with van der Waals surface area (Å²) >= 11 is 1.51. The van der Waals surface area contributed by atoms with E-state index in [1.165, 1.54) is 18.2 Å². The van der Waals surface area contributed by atoms with E-state index < -0.39 is 0 Å².